The Labute approximate surface area is 123 Å². The van der Waals surface area contributed by atoms with Crippen molar-refractivity contribution in [2.75, 3.05) is 6.61 Å². The van der Waals surface area contributed by atoms with Crippen LogP contribution in [0.25, 0.3) is 0 Å². The van der Waals surface area contributed by atoms with Crippen LogP contribution in [0.3, 0.4) is 0 Å². The molecule has 0 unspecified atom stereocenters. The number of fused-ring (bicyclic) bond motifs is 1. The molecule has 0 aromatic heterocycles. The highest BCUT2D eigenvalue weighted by molar-refractivity contribution is 6.20. The zero-order valence-electron chi connectivity index (χ0n) is 11.9. The SMILES string of the molecule is O=CCCCCCCCON1C(=O)c2ccccc2C1=O. The molecule has 0 spiro atoms. The van der Waals surface area contributed by atoms with Crippen LogP contribution in [0.15, 0.2) is 24.3 Å². The summed E-state index contributed by atoms with van der Waals surface area (Å²) in [6.07, 6.45) is 6.27. The maximum atomic E-state index is 12.0. The Balaban J connectivity index is 1.70. The highest BCUT2D eigenvalue weighted by Crippen LogP contribution is 2.22. The number of carbonyl (C=O) groups excluding carboxylic acids is 3. The predicted octanol–water partition coefficient (Wildman–Crippen LogP) is 2.75. The largest absolute Gasteiger partial charge is 0.303 e. The molecule has 1 aliphatic heterocycles. The molecule has 21 heavy (non-hydrogen) atoms. The summed E-state index contributed by atoms with van der Waals surface area (Å²) < 4.78 is 0. The van der Waals surface area contributed by atoms with E-state index in [-0.39, 0.29) is 11.8 Å². The first-order valence-electron chi connectivity index (χ1n) is 7.30. The van der Waals surface area contributed by atoms with Gasteiger partial charge in [0.2, 0.25) is 0 Å². The van der Waals surface area contributed by atoms with E-state index >= 15 is 0 Å². The number of nitrogens with zero attached hydrogens (tertiary/aromatic N) is 1. The van der Waals surface area contributed by atoms with Crippen LogP contribution >= 0.6 is 0 Å². The number of aldehydes is 1. The molecular weight excluding hydrogens is 270 g/mol. The lowest BCUT2D eigenvalue weighted by Crippen LogP contribution is -2.30. The standard InChI is InChI=1S/C16H19NO4/c18-11-7-3-1-2-4-8-12-21-17-15(19)13-9-5-6-10-14(13)16(17)20/h5-6,9-11H,1-4,7-8,12H2. The first-order valence-corrected chi connectivity index (χ1v) is 7.30. The lowest BCUT2D eigenvalue weighted by Gasteiger charge is -2.13. The van der Waals surface area contributed by atoms with Gasteiger partial charge < -0.3 is 4.79 Å². The Bertz CT molecular complexity index is 492. The van der Waals surface area contributed by atoms with Crippen molar-refractivity contribution in [3.63, 3.8) is 0 Å². The molecule has 0 fully saturated rings. The fourth-order valence-corrected chi connectivity index (χ4v) is 2.30. The smallest absolute Gasteiger partial charge is 0.285 e. The number of imide groups is 1. The maximum absolute atomic E-state index is 12.0. The fraction of sp³-hybridized carbons (Fsp3) is 0.438. The first kappa shape index (κ1) is 15.4. The maximum Gasteiger partial charge on any atom is 0.285 e. The van der Waals surface area contributed by atoms with Crippen LogP contribution in [-0.2, 0) is 9.63 Å². The zero-order chi connectivity index (χ0) is 15.1. The number of unbranched alkanes of at least 4 members (excludes halogenated alkanes) is 5. The summed E-state index contributed by atoms with van der Waals surface area (Å²) in [7, 11) is 0. The van der Waals surface area contributed by atoms with Crippen molar-refractivity contribution >= 4 is 18.1 Å². The number of hydrogen-bond donors (Lipinski definition) is 0. The Hall–Kier alpha value is -2.01. The van der Waals surface area contributed by atoms with Gasteiger partial charge in [0.25, 0.3) is 11.8 Å². The molecule has 0 bridgehead atoms. The second kappa shape index (κ2) is 7.69. The number of carbonyl (C=O) groups is 3. The highest BCUT2D eigenvalue weighted by atomic mass is 16.7. The van der Waals surface area contributed by atoms with Gasteiger partial charge in [-0.25, -0.2) is 0 Å². The van der Waals surface area contributed by atoms with Gasteiger partial charge in [0, 0.05) is 6.42 Å². The van der Waals surface area contributed by atoms with E-state index in [1.165, 1.54) is 0 Å². The topological polar surface area (TPSA) is 63.7 Å². The number of amides is 2. The summed E-state index contributed by atoms with van der Waals surface area (Å²) in [5.41, 5.74) is 0.799. The Morgan fingerprint density at radius 2 is 1.48 bits per heavy atom. The van der Waals surface area contributed by atoms with Crippen LogP contribution in [0.4, 0.5) is 0 Å². The number of benzene rings is 1. The predicted molar refractivity (Wildman–Crippen MR) is 76.7 cm³/mol. The molecule has 1 aromatic carbocycles. The molecule has 1 aliphatic rings. The number of hydroxylamine groups is 2. The molecule has 2 rings (SSSR count). The van der Waals surface area contributed by atoms with E-state index in [0.717, 1.165) is 43.5 Å². The van der Waals surface area contributed by atoms with Gasteiger partial charge in [-0.3, -0.25) is 14.4 Å². The number of hydrogen-bond acceptors (Lipinski definition) is 4. The van der Waals surface area contributed by atoms with E-state index in [9.17, 15) is 14.4 Å². The third kappa shape index (κ3) is 3.76. The summed E-state index contributed by atoms with van der Waals surface area (Å²) in [6, 6.07) is 6.72. The van der Waals surface area contributed by atoms with Crippen LogP contribution in [-0.4, -0.2) is 29.8 Å². The van der Waals surface area contributed by atoms with Crippen molar-refractivity contribution in [3.05, 3.63) is 35.4 Å². The summed E-state index contributed by atoms with van der Waals surface area (Å²) in [5.74, 6) is -0.775. The molecule has 5 nitrogen and oxygen atoms in total. The highest BCUT2D eigenvalue weighted by Gasteiger charge is 2.36. The van der Waals surface area contributed by atoms with Crippen LogP contribution in [0.1, 0.15) is 59.2 Å². The Kier molecular flexibility index (Phi) is 5.63. The lowest BCUT2D eigenvalue weighted by atomic mass is 10.1. The van der Waals surface area contributed by atoms with Gasteiger partial charge in [-0.2, -0.15) is 0 Å². The third-order valence-electron chi connectivity index (χ3n) is 3.44. The van der Waals surface area contributed by atoms with Gasteiger partial charge in [-0.05, 0) is 25.0 Å². The average molecular weight is 289 g/mol. The normalized spacial score (nSPS) is 13.6. The quantitative estimate of drug-likeness (QED) is 0.398. The van der Waals surface area contributed by atoms with Crippen LogP contribution in [0.2, 0.25) is 0 Å². The molecule has 0 aliphatic carbocycles. The monoisotopic (exact) mass is 289 g/mol. The molecule has 5 heteroatoms. The molecule has 0 saturated carbocycles. The minimum absolute atomic E-state index is 0.346. The van der Waals surface area contributed by atoms with Crippen molar-refractivity contribution in [1.82, 2.24) is 5.06 Å². The molecule has 0 radical (unpaired) electrons. The molecular formula is C16H19NO4. The minimum atomic E-state index is -0.387. The van der Waals surface area contributed by atoms with E-state index in [1.54, 1.807) is 24.3 Å². The molecule has 0 atom stereocenters. The van der Waals surface area contributed by atoms with Crippen molar-refractivity contribution in [3.8, 4) is 0 Å². The fourth-order valence-electron chi connectivity index (χ4n) is 2.30. The minimum Gasteiger partial charge on any atom is -0.303 e. The second-order valence-corrected chi connectivity index (χ2v) is 5.01. The Morgan fingerprint density at radius 3 is 2.10 bits per heavy atom. The van der Waals surface area contributed by atoms with Gasteiger partial charge in [0.15, 0.2) is 0 Å². The second-order valence-electron chi connectivity index (χ2n) is 5.01. The van der Waals surface area contributed by atoms with Crippen molar-refractivity contribution in [2.24, 2.45) is 0 Å². The lowest BCUT2D eigenvalue weighted by molar-refractivity contribution is -0.107. The summed E-state index contributed by atoms with van der Waals surface area (Å²) in [4.78, 5) is 39.5. The molecule has 2 amide bonds. The van der Waals surface area contributed by atoms with Gasteiger partial charge >= 0.3 is 0 Å². The van der Waals surface area contributed by atoms with Crippen molar-refractivity contribution in [2.45, 2.75) is 38.5 Å². The van der Waals surface area contributed by atoms with Gasteiger partial charge in [0.1, 0.15) is 6.29 Å². The van der Waals surface area contributed by atoms with Crippen molar-refractivity contribution < 1.29 is 19.2 Å². The van der Waals surface area contributed by atoms with E-state index in [4.69, 9.17) is 4.84 Å². The van der Waals surface area contributed by atoms with E-state index < -0.39 is 0 Å². The third-order valence-corrected chi connectivity index (χ3v) is 3.44. The molecule has 0 N–H and O–H groups in total. The molecule has 1 aromatic rings. The summed E-state index contributed by atoms with van der Waals surface area (Å²) in [6.45, 7) is 0.346. The van der Waals surface area contributed by atoms with Gasteiger partial charge in [-0.1, -0.05) is 31.4 Å². The summed E-state index contributed by atoms with van der Waals surface area (Å²) >= 11 is 0. The zero-order valence-corrected chi connectivity index (χ0v) is 11.9. The van der Waals surface area contributed by atoms with Gasteiger partial charge in [0.05, 0.1) is 17.7 Å². The van der Waals surface area contributed by atoms with Crippen LogP contribution in [0.5, 0.6) is 0 Å². The van der Waals surface area contributed by atoms with Crippen LogP contribution in [0, 0.1) is 0 Å². The first-order chi connectivity index (χ1) is 10.3. The van der Waals surface area contributed by atoms with Crippen molar-refractivity contribution in [1.29, 1.82) is 0 Å². The number of rotatable bonds is 9. The summed E-state index contributed by atoms with van der Waals surface area (Å²) in [5, 5.41) is 0.858. The van der Waals surface area contributed by atoms with E-state index in [2.05, 4.69) is 0 Å². The van der Waals surface area contributed by atoms with E-state index in [1.807, 2.05) is 0 Å². The van der Waals surface area contributed by atoms with Crippen LogP contribution < -0.4 is 0 Å². The van der Waals surface area contributed by atoms with Gasteiger partial charge in [-0.15, -0.1) is 5.06 Å². The molecule has 0 saturated heterocycles. The van der Waals surface area contributed by atoms with E-state index in [0.29, 0.717) is 24.2 Å². The average Bonchev–Trinajstić information content (AvgIpc) is 2.75. The molecule has 112 valence electrons. The Morgan fingerprint density at radius 1 is 0.905 bits per heavy atom. The molecule has 1 heterocycles.